The van der Waals surface area contributed by atoms with Gasteiger partial charge in [-0.2, -0.15) is 0 Å². The maximum Gasteiger partial charge on any atom is 0.254 e. The lowest BCUT2D eigenvalue weighted by atomic mass is 9.69. The first-order valence-electron chi connectivity index (χ1n) is 10.3. The minimum atomic E-state index is -0.526. The largest absolute Gasteiger partial charge is 0.454 e. The molecule has 2 heterocycles. The van der Waals surface area contributed by atoms with Gasteiger partial charge in [0.25, 0.3) is 5.91 Å². The van der Waals surface area contributed by atoms with Crippen LogP contribution in [0, 0.1) is 11.7 Å². The summed E-state index contributed by atoms with van der Waals surface area (Å²) >= 11 is 0. The summed E-state index contributed by atoms with van der Waals surface area (Å²) in [4.78, 5) is 31.0. The van der Waals surface area contributed by atoms with E-state index in [-0.39, 0.29) is 18.3 Å². The number of fused-ring (bicyclic) bond motifs is 2. The number of anilines is 1. The van der Waals surface area contributed by atoms with Crippen molar-refractivity contribution in [3.63, 3.8) is 0 Å². The molecular formula is C24H21FN2O4. The van der Waals surface area contributed by atoms with E-state index in [0.717, 1.165) is 24.1 Å². The average Bonchev–Trinajstić information content (AvgIpc) is 3.22. The zero-order valence-corrected chi connectivity index (χ0v) is 17.0. The number of allylic oxidation sites excluding steroid dienone is 1. The van der Waals surface area contributed by atoms with Gasteiger partial charge < -0.3 is 14.8 Å². The number of Topliss-reactive ketones (excluding diaryl/α,β-unsaturated/α-hetero) is 1. The fraction of sp³-hybridized carbons (Fsp3) is 0.292. The van der Waals surface area contributed by atoms with E-state index in [0.29, 0.717) is 29.2 Å². The molecule has 0 aromatic heterocycles. The van der Waals surface area contributed by atoms with Gasteiger partial charge in [-0.1, -0.05) is 18.2 Å². The summed E-state index contributed by atoms with van der Waals surface area (Å²) in [6.45, 7) is 1.90. The highest BCUT2D eigenvalue weighted by Gasteiger charge is 2.43. The van der Waals surface area contributed by atoms with Crippen LogP contribution >= 0.6 is 0 Å². The molecule has 5 rings (SSSR count). The van der Waals surface area contributed by atoms with Crippen molar-refractivity contribution in [1.82, 2.24) is 0 Å². The molecule has 1 saturated carbocycles. The van der Waals surface area contributed by atoms with Crippen LogP contribution in [0.4, 0.5) is 10.1 Å². The highest BCUT2D eigenvalue weighted by molar-refractivity contribution is 6.14. The molecule has 0 radical (unpaired) electrons. The minimum Gasteiger partial charge on any atom is -0.454 e. The number of carbonyl (C=O) groups is 2. The van der Waals surface area contributed by atoms with E-state index in [9.17, 15) is 14.0 Å². The molecule has 1 amide bonds. The molecule has 0 unspecified atom stereocenters. The number of halogens is 1. The van der Waals surface area contributed by atoms with Crippen molar-refractivity contribution < 1.29 is 23.5 Å². The Balaban J connectivity index is 1.60. The van der Waals surface area contributed by atoms with Gasteiger partial charge in [0.2, 0.25) is 6.79 Å². The number of ether oxygens (including phenoxy) is 2. The van der Waals surface area contributed by atoms with Crippen LogP contribution in [0.5, 0.6) is 11.5 Å². The van der Waals surface area contributed by atoms with Gasteiger partial charge >= 0.3 is 0 Å². The normalized spacial score (nSPS) is 22.1. The topological polar surface area (TPSA) is 77.0 Å². The molecule has 1 fully saturated rings. The molecule has 1 aliphatic carbocycles. The third-order valence-corrected chi connectivity index (χ3v) is 6.03. The summed E-state index contributed by atoms with van der Waals surface area (Å²) in [6, 6.07) is 11.5. The molecule has 2 aromatic rings. The summed E-state index contributed by atoms with van der Waals surface area (Å²) in [5, 5.41) is 2.66. The van der Waals surface area contributed by atoms with Gasteiger partial charge in [0.1, 0.15) is 11.6 Å². The average molecular weight is 420 g/mol. The quantitative estimate of drug-likeness (QED) is 0.800. The summed E-state index contributed by atoms with van der Waals surface area (Å²) in [6.07, 6.45) is 1.93. The van der Waals surface area contributed by atoms with Gasteiger partial charge in [0.05, 0.1) is 11.6 Å². The number of nitrogens with one attached hydrogen (secondary N) is 1. The number of hydrogen-bond donors (Lipinski definition) is 1. The van der Waals surface area contributed by atoms with Crippen molar-refractivity contribution in [2.24, 2.45) is 10.9 Å². The van der Waals surface area contributed by atoms with Crippen molar-refractivity contribution >= 4 is 23.1 Å². The summed E-state index contributed by atoms with van der Waals surface area (Å²) in [5.41, 5.74) is 2.57. The molecule has 2 aromatic carbocycles. The number of benzene rings is 2. The minimum absolute atomic E-state index is 0.0661. The number of para-hydroxylation sites is 1. The van der Waals surface area contributed by atoms with Crippen LogP contribution in [0.25, 0.3) is 0 Å². The number of hydrogen-bond acceptors (Lipinski definition) is 5. The Kier molecular flexibility index (Phi) is 4.81. The maximum absolute atomic E-state index is 14.2. The van der Waals surface area contributed by atoms with Crippen molar-refractivity contribution in [2.75, 3.05) is 12.1 Å². The molecule has 0 spiro atoms. The second-order valence-electron chi connectivity index (χ2n) is 7.92. The second kappa shape index (κ2) is 7.65. The van der Waals surface area contributed by atoms with E-state index in [1.807, 2.05) is 12.1 Å². The standard InChI is InChI=1S/C24H21FN2O4/c1-13-21(24(29)27-16-6-3-2-5-15(16)25)22(23-17(26-13)7-4-8-18(23)28)14-9-10-19-20(11-14)31-12-30-19/h2-3,5-6,9-11,22-23H,4,7-8,12H2,1H3,(H,27,29)/t22-,23+/m1/s1. The number of nitrogens with zero attached hydrogens (tertiary/aromatic N) is 1. The lowest BCUT2D eigenvalue weighted by Gasteiger charge is -2.36. The van der Waals surface area contributed by atoms with Gasteiger partial charge in [-0.05, 0) is 49.6 Å². The van der Waals surface area contributed by atoms with Crippen molar-refractivity contribution in [3.05, 3.63) is 65.1 Å². The van der Waals surface area contributed by atoms with Gasteiger partial charge in [-0.15, -0.1) is 0 Å². The molecular weight excluding hydrogens is 399 g/mol. The first-order valence-corrected chi connectivity index (χ1v) is 10.3. The van der Waals surface area contributed by atoms with E-state index < -0.39 is 23.6 Å². The van der Waals surface area contributed by atoms with E-state index in [1.54, 1.807) is 25.1 Å². The predicted octanol–water partition coefficient (Wildman–Crippen LogP) is 4.37. The molecule has 158 valence electrons. The molecule has 6 nitrogen and oxygen atoms in total. The molecule has 2 atom stereocenters. The maximum atomic E-state index is 14.2. The number of aliphatic imine (C=N–C) groups is 1. The first kappa shape index (κ1) is 19.5. The van der Waals surface area contributed by atoms with Gasteiger partial charge in [0.15, 0.2) is 11.5 Å². The summed E-state index contributed by atoms with van der Waals surface area (Å²) < 4.78 is 25.1. The lowest BCUT2D eigenvalue weighted by molar-refractivity contribution is -0.122. The van der Waals surface area contributed by atoms with Crippen molar-refractivity contribution in [1.29, 1.82) is 0 Å². The van der Waals surface area contributed by atoms with Crippen molar-refractivity contribution in [2.45, 2.75) is 32.1 Å². The Morgan fingerprint density at radius 1 is 1.10 bits per heavy atom. The van der Waals surface area contributed by atoms with Crippen LogP contribution in [0.1, 0.15) is 37.7 Å². The van der Waals surface area contributed by atoms with E-state index in [4.69, 9.17) is 9.47 Å². The number of amides is 1. The fourth-order valence-corrected chi connectivity index (χ4v) is 4.64. The Morgan fingerprint density at radius 2 is 1.90 bits per heavy atom. The molecule has 31 heavy (non-hydrogen) atoms. The second-order valence-corrected chi connectivity index (χ2v) is 7.92. The first-order chi connectivity index (χ1) is 15.0. The smallest absolute Gasteiger partial charge is 0.254 e. The van der Waals surface area contributed by atoms with Gasteiger partial charge in [0, 0.05) is 29.3 Å². The number of carbonyl (C=O) groups excluding carboxylic acids is 2. The van der Waals surface area contributed by atoms with Crippen LogP contribution < -0.4 is 14.8 Å². The van der Waals surface area contributed by atoms with Crippen LogP contribution in [-0.2, 0) is 9.59 Å². The van der Waals surface area contributed by atoms with Gasteiger partial charge in [-0.3, -0.25) is 14.6 Å². The molecule has 0 bridgehead atoms. The number of ketones is 1. The zero-order valence-electron chi connectivity index (χ0n) is 17.0. The summed E-state index contributed by atoms with van der Waals surface area (Å²) in [5.74, 6) is -0.760. The molecule has 2 aliphatic heterocycles. The van der Waals surface area contributed by atoms with Crippen LogP contribution in [0.2, 0.25) is 0 Å². The Morgan fingerprint density at radius 3 is 2.74 bits per heavy atom. The Bertz CT molecular complexity index is 1150. The fourth-order valence-electron chi connectivity index (χ4n) is 4.64. The van der Waals surface area contributed by atoms with E-state index in [2.05, 4.69) is 10.3 Å². The Labute approximate surface area is 178 Å². The molecule has 7 heteroatoms. The summed E-state index contributed by atoms with van der Waals surface area (Å²) in [7, 11) is 0. The number of rotatable bonds is 3. The van der Waals surface area contributed by atoms with Crippen molar-refractivity contribution in [3.8, 4) is 11.5 Å². The zero-order chi connectivity index (χ0) is 21.5. The van der Waals surface area contributed by atoms with Gasteiger partial charge in [-0.25, -0.2) is 4.39 Å². The third-order valence-electron chi connectivity index (χ3n) is 6.03. The predicted molar refractivity (Wildman–Crippen MR) is 113 cm³/mol. The monoisotopic (exact) mass is 420 g/mol. The molecule has 3 aliphatic rings. The van der Waals surface area contributed by atoms with Crippen LogP contribution in [-0.4, -0.2) is 24.2 Å². The SMILES string of the molecule is CC1=C(C(=O)Nc2ccccc2F)[C@@H](c2ccc3c(c2)OCO3)[C@@H]2C(=O)CCCC2=N1. The lowest BCUT2D eigenvalue weighted by Crippen LogP contribution is -2.39. The molecule has 0 saturated heterocycles. The van der Waals surface area contributed by atoms with Crippen LogP contribution in [0.15, 0.2) is 58.7 Å². The Hall–Kier alpha value is -3.48. The van der Waals surface area contributed by atoms with E-state index in [1.165, 1.54) is 12.1 Å². The third kappa shape index (κ3) is 3.40. The highest BCUT2D eigenvalue weighted by atomic mass is 19.1. The van der Waals surface area contributed by atoms with E-state index >= 15 is 0 Å². The highest BCUT2D eigenvalue weighted by Crippen LogP contribution is 2.45. The molecule has 1 N–H and O–H groups in total. The van der Waals surface area contributed by atoms with Crippen LogP contribution in [0.3, 0.4) is 0 Å².